The van der Waals surface area contributed by atoms with Crippen molar-refractivity contribution in [1.29, 1.82) is 0 Å². The maximum absolute atomic E-state index is 12.4. The predicted octanol–water partition coefficient (Wildman–Crippen LogP) is 3.63. The van der Waals surface area contributed by atoms with Gasteiger partial charge in [0.15, 0.2) is 5.82 Å². The van der Waals surface area contributed by atoms with E-state index in [2.05, 4.69) is 32.5 Å². The Labute approximate surface area is 176 Å². The summed E-state index contributed by atoms with van der Waals surface area (Å²) in [4.78, 5) is 25.8. The molecule has 2 N–H and O–H groups in total. The molecule has 0 aliphatic rings. The molecule has 0 fully saturated rings. The molecule has 2 heterocycles. The molecule has 0 spiro atoms. The molecule has 1 atom stereocenters. The number of rotatable bonds is 9. The van der Waals surface area contributed by atoms with E-state index >= 15 is 0 Å². The third-order valence-corrected chi connectivity index (χ3v) is 4.66. The molecule has 1 unspecified atom stereocenters. The average Bonchev–Trinajstić information content (AvgIpc) is 2.75. The number of carbonyl (C=O) groups is 1. The minimum absolute atomic E-state index is 0.0560. The number of fused-ring (bicyclic) bond motifs is 1. The summed E-state index contributed by atoms with van der Waals surface area (Å²) in [5.41, 5.74) is 1.30. The van der Waals surface area contributed by atoms with Gasteiger partial charge in [-0.25, -0.2) is 4.98 Å². The van der Waals surface area contributed by atoms with Crippen LogP contribution in [0.25, 0.3) is 10.8 Å². The fourth-order valence-electron chi connectivity index (χ4n) is 2.81. The fraction of sp³-hybridized carbons (Fsp3) is 0.364. The van der Waals surface area contributed by atoms with Crippen LogP contribution < -0.4 is 15.4 Å². The Balaban J connectivity index is 1.81. The molecule has 30 heavy (non-hydrogen) atoms. The third-order valence-electron chi connectivity index (χ3n) is 4.66. The largest absolute Gasteiger partial charge is 0.473 e. The first-order valence-corrected chi connectivity index (χ1v) is 9.95. The van der Waals surface area contributed by atoms with Crippen LogP contribution in [0.4, 0.5) is 11.6 Å². The number of benzene rings is 1. The molecule has 2 aromatic heterocycles. The number of nitrogens with zero attached hydrogens (tertiary/aromatic N) is 3. The lowest BCUT2D eigenvalue weighted by Gasteiger charge is -2.14. The van der Waals surface area contributed by atoms with Gasteiger partial charge in [-0.3, -0.25) is 9.78 Å². The molecule has 8 heteroatoms. The van der Waals surface area contributed by atoms with Gasteiger partial charge in [-0.15, -0.1) is 0 Å². The summed E-state index contributed by atoms with van der Waals surface area (Å²) in [5, 5.41) is 7.67. The predicted molar refractivity (Wildman–Crippen MR) is 116 cm³/mol. The molecule has 1 aromatic carbocycles. The van der Waals surface area contributed by atoms with Gasteiger partial charge in [0.05, 0.1) is 24.6 Å². The van der Waals surface area contributed by atoms with Crippen molar-refractivity contribution in [3.8, 4) is 5.88 Å². The lowest BCUT2D eigenvalue weighted by molar-refractivity contribution is 0.0938. The van der Waals surface area contributed by atoms with Crippen molar-refractivity contribution in [2.45, 2.75) is 33.3 Å². The van der Waals surface area contributed by atoms with Crippen LogP contribution >= 0.6 is 0 Å². The van der Waals surface area contributed by atoms with Gasteiger partial charge < -0.3 is 20.1 Å². The summed E-state index contributed by atoms with van der Waals surface area (Å²) in [6.45, 7) is 6.83. The number of anilines is 2. The number of aryl methyl sites for hydroxylation is 1. The summed E-state index contributed by atoms with van der Waals surface area (Å²) < 4.78 is 10.8. The van der Waals surface area contributed by atoms with Crippen LogP contribution in [0.3, 0.4) is 0 Å². The smallest absolute Gasteiger partial charge is 0.252 e. The van der Waals surface area contributed by atoms with Gasteiger partial charge in [-0.2, -0.15) is 4.98 Å². The molecule has 0 aliphatic carbocycles. The number of ether oxygens (including phenoxy) is 2. The molecular weight excluding hydrogens is 382 g/mol. The third kappa shape index (κ3) is 5.21. The van der Waals surface area contributed by atoms with E-state index in [9.17, 15) is 4.79 Å². The normalized spacial score (nSPS) is 11.9. The van der Waals surface area contributed by atoms with E-state index in [1.165, 1.54) is 0 Å². The molecule has 0 bridgehead atoms. The van der Waals surface area contributed by atoms with Crippen LogP contribution in [0.15, 0.2) is 36.7 Å². The van der Waals surface area contributed by atoms with E-state index in [4.69, 9.17) is 9.47 Å². The van der Waals surface area contributed by atoms with Gasteiger partial charge in [-0.1, -0.05) is 19.1 Å². The lowest BCUT2D eigenvalue weighted by Crippen LogP contribution is -2.27. The van der Waals surface area contributed by atoms with Crippen LogP contribution in [0.1, 0.15) is 36.3 Å². The summed E-state index contributed by atoms with van der Waals surface area (Å²) in [5.74, 6) is 1.49. The molecule has 0 saturated heterocycles. The van der Waals surface area contributed by atoms with Gasteiger partial charge in [0.25, 0.3) is 5.91 Å². The molecule has 0 aliphatic heterocycles. The summed E-state index contributed by atoms with van der Waals surface area (Å²) in [6.07, 6.45) is 4.26. The number of nitrogens with one attached hydrogen (secondary N) is 2. The quantitative estimate of drug-likeness (QED) is 0.521. The monoisotopic (exact) mass is 409 g/mol. The molecule has 3 rings (SSSR count). The van der Waals surface area contributed by atoms with Gasteiger partial charge in [-0.05, 0) is 37.8 Å². The minimum atomic E-state index is -0.156. The Bertz CT molecular complexity index is 1020. The zero-order chi connectivity index (χ0) is 21.5. The van der Waals surface area contributed by atoms with Crippen LogP contribution in [-0.4, -0.2) is 47.2 Å². The molecule has 0 saturated carbocycles. The second-order valence-corrected chi connectivity index (χ2v) is 6.95. The van der Waals surface area contributed by atoms with Crippen molar-refractivity contribution in [3.63, 3.8) is 0 Å². The van der Waals surface area contributed by atoms with Crippen molar-refractivity contribution in [3.05, 3.63) is 47.9 Å². The number of hydrogen-bond acceptors (Lipinski definition) is 7. The number of hydrogen-bond donors (Lipinski definition) is 2. The SMILES string of the molecule is CCC(C)Oc1nc(Nc2cc3cccc(C(=O)NCCOC)c3cn2)cnc1C. The van der Waals surface area contributed by atoms with Crippen molar-refractivity contribution < 1.29 is 14.3 Å². The highest BCUT2D eigenvalue weighted by Crippen LogP contribution is 2.24. The Morgan fingerprint density at radius 2 is 2.03 bits per heavy atom. The van der Waals surface area contributed by atoms with E-state index in [0.29, 0.717) is 36.2 Å². The maximum Gasteiger partial charge on any atom is 0.252 e. The van der Waals surface area contributed by atoms with Crippen LogP contribution in [0.2, 0.25) is 0 Å². The first kappa shape index (κ1) is 21.4. The molecule has 8 nitrogen and oxygen atoms in total. The Hall–Kier alpha value is -3.26. The molecular formula is C22H27N5O3. The molecule has 1 amide bonds. The zero-order valence-electron chi connectivity index (χ0n) is 17.7. The van der Waals surface area contributed by atoms with Crippen molar-refractivity contribution >= 4 is 28.3 Å². The Kier molecular flexibility index (Phi) is 7.13. The molecule has 158 valence electrons. The lowest BCUT2D eigenvalue weighted by atomic mass is 10.1. The second kappa shape index (κ2) is 9.98. The molecule has 0 radical (unpaired) electrons. The van der Waals surface area contributed by atoms with Crippen molar-refractivity contribution in [2.24, 2.45) is 0 Å². The summed E-state index contributed by atoms with van der Waals surface area (Å²) in [6, 6.07) is 7.44. The van der Waals surface area contributed by atoms with E-state index < -0.39 is 0 Å². The van der Waals surface area contributed by atoms with Crippen molar-refractivity contribution in [2.75, 3.05) is 25.6 Å². The van der Waals surface area contributed by atoms with E-state index in [1.807, 2.05) is 32.0 Å². The Morgan fingerprint density at radius 1 is 1.20 bits per heavy atom. The summed E-state index contributed by atoms with van der Waals surface area (Å²) >= 11 is 0. The zero-order valence-corrected chi connectivity index (χ0v) is 17.7. The van der Waals surface area contributed by atoms with Gasteiger partial charge in [0.1, 0.15) is 5.82 Å². The van der Waals surface area contributed by atoms with Gasteiger partial charge in [0, 0.05) is 30.8 Å². The number of methoxy groups -OCH3 is 1. The van der Waals surface area contributed by atoms with Gasteiger partial charge in [0.2, 0.25) is 5.88 Å². The van der Waals surface area contributed by atoms with Crippen molar-refractivity contribution in [1.82, 2.24) is 20.3 Å². The number of aromatic nitrogens is 3. The van der Waals surface area contributed by atoms with Crippen LogP contribution in [-0.2, 0) is 4.74 Å². The first-order valence-electron chi connectivity index (χ1n) is 9.95. The van der Waals surface area contributed by atoms with E-state index in [0.717, 1.165) is 22.9 Å². The highest BCUT2D eigenvalue weighted by Gasteiger charge is 2.12. The van der Waals surface area contributed by atoms with Crippen LogP contribution in [0.5, 0.6) is 5.88 Å². The standard InChI is InChI=1S/C22H27N5O3/c1-5-14(2)30-22-15(3)24-13-20(27-22)26-19-11-16-7-6-8-17(18(16)12-25-19)21(28)23-9-10-29-4/h6-8,11-14H,5,9-10H2,1-4H3,(H,23,28)(H,25,26,27). The Morgan fingerprint density at radius 3 is 2.80 bits per heavy atom. The maximum atomic E-state index is 12.4. The number of carbonyl (C=O) groups excluding carboxylic acids is 1. The number of pyridine rings is 1. The minimum Gasteiger partial charge on any atom is -0.473 e. The second-order valence-electron chi connectivity index (χ2n) is 6.95. The van der Waals surface area contributed by atoms with E-state index in [-0.39, 0.29) is 12.0 Å². The fourth-order valence-corrected chi connectivity index (χ4v) is 2.81. The highest BCUT2D eigenvalue weighted by atomic mass is 16.5. The topological polar surface area (TPSA) is 98.3 Å². The summed E-state index contributed by atoms with van der Waals surface area (Å²) in [7, 11) is 1.60. The number of amides is 1. The van der Waals surface area contributed by atoms with E-state index in [1.54, 1.807) is 25.6 Å². The molecule has 3 aromatic rings. The first-order chi connectivity index (χ1) is 14.5. The van der Waals surface area contributed by atoms with Gasteiger partial charge >= 0.3 is 0 Å². The van der Waals surface area contributed by atoms with Crippen LogP contribution in [0, 0.1) is 6.92 Å². The average molecular weight is 409 g/mol. The highest BCUT2D eigenvalue weighted by molar-refractivity contribution is 6.07.